The van der Waals surface area contributed by atoms with Crippen LogP contribution in [0, 0.1) is 5.82 Å². The summed E-state index contributed by atoms with van der Waals surface area (Å²) in [6, 6.07) is 3.48. The Morgan fingerprint density at radius 1 is 1.33 bits per heavy atom. The molecule has 1 rings (SSSR count). The fraction of sp³-hybridized carbons (Fsp3) is 0.250. The normalized spacial score (nSPS) is 10.8. The van der Waals surface area contributed by atoms with Crippen LogP contribution in [0.4, 0.5) is 13.2 Å². The molecule has 0 amide bonds. The van der Waals surface area contributed by atoms with E-state index < -0.39 is 17.8 Å². The molecule has 0 atom stereocenters. The quantitative estimate of drug-likeness (QED) is 0.732. The van der Waals surface area contributed by atoms with E-state index in [0.29, 0.717) is 5.56 Å². The van der Waals surface area contributed by atoms with E-state index in [9.17, 15) is 13.2 Å². The molecule has 0 saturated carbocycles. The lowest BCUT2D eigenvalue weighted by Crippen LogP contribution is -1.99. The SMILES string of the molecule is NCc1ccc(C(F)F)c(F)c1. The van der Waals surface area contributed by atoms with E-state index in [1.54, 1.807) is 0 Å². The molecule has 0 unspecified atom stereocenters. The van der Waals surface area contributed by atoms with Crippen molar-refractivity contribution < 1.29 is 13.2 Å². The van der Waals surface area contributed by atoms with E-state index in [-0.39, 0.29) is 6.54 Å². The molecule has 1 aromatic rings. The van der Waals surface area contributed by atoms with Gasteiger partial charge in [0.2, 0.25) is 0 Å². The first kappa shape index (κ1) is 9.06. The van der Waals surface area contributed by atoms with Crippen LogP contribution in [-0.4, -0.2) is 0 Å². The van der Waals surface area contributed by atoms with E-state index >= 15 is 0 Å². The average Bonchev–Trinajstić information content (AvgIpc) is 2.03. The molecule has 0 bridgehead atoms. The van der Waals surface area contributed by atoms with Crippen LogP contribution in [0.15, 0.2) is 18.2 Å². The molecule has 0 saturated heterocycles. The minimum Gasteiger partial charge on any atom is -0.326 e. The van der Waals surface area contributed by atoms with E-state index in [1.165, 1.54) is 6.07 Å². The minimum atomic E-state index is -2.77. The Hall–Kier alpha value is -1.03. The molecule has 66 valence electrons. The van der Waals surface area contributed by atoms with Crippen LogP contribution in [0.5, 0.6) is 0 Å². The lowest BCUT2D eigenvalue weighted by Gasteiger charge is -2.02. The van der Waals surface area contributed by atoms with Gasteiger partial charge in [-0.05, 0) is 11.6 Å². The lowest BCUT2D eigenvalue weighted by atomic mass is 10.1. The number of halogens is 3. The molecule has 0 aliphatic rings. The second-order valence-corrected chi connectivity index (χ2v) is 2.36. The van der Waals surface area contributed by atoms with Crippen LogP contribution in [0.1, 0.15) is 17.6 Å². The molecule has 1 nitrogen and oxygen atoms in total. The van der Waals surface area contributed by atoms with Gasteiger partial charge in [0.15, 0.2) is 0 Å². The van der Waals surface area contributed by atoms with Gasteiger partial charge < -0.3 is 5.73 Å². The summed E-state index contributed by atoms with van der Waals surface area (Å²) in [5.74, 6) is -0.895. The van der Waals surface area contributed by atoms with Crippen LogP contribution in [0.25, 0.3) is 0 Å². The van der Waals surface area contributed by atoms with Crippen molar-refractivity contribution in [3.63, 3.8) is 0 Å². The molecule has 0 aromatic heterocycles. The average molecular weight is 175 g/mol. The van der Waals surface area contributed by atoms with Gasteiger partial charge in [-0.15, -0.1) is 0 Å². The second-order valence-electron chi connectivity index (χ2n) is 2.36. The number of rotatable bonds is 2. The van der Waals surface area contributed by atoms with Crippen LogP contribution in [-0.2, 0) is 6.54 Å². The van der Waals surface area contributed by atoms with Crippen molar-refractivity contribution in [2.45, 2.75) is 13.0 Å². The predicted molar refractivity (Wildman–Crippen MR) is 39.2 cm³/mol. The first-order valence-electron chi connectivity index (χ1n) is 3.41. The minimum absolute atomic E-state index is 0.153. The van der Waals surface area contributed by atoms with Crippen molar-refractivity contribution in [2.24, 2.45) is 5.73 Å². The van der Waals surface area contributed by atoms with Gasteiger partial charge in [-0.2, -0.15) is 0 Å². The summed E-state index contributed by atoms with van der Waals surface area (Å²) in [7, 11) is 0. The third-order valence-electron chi connectivity index (χ3n) is 1.54. The molecule has 0 spiro atoms. The number of nitrogens with two attached hydrogens (primary N) is 1. The van der Waals surface area contributed by atoms with Gasteiger partial charge in [0.05, 0.1) is 5.56 Å². The summed E-state index contributed by atoms with van der Waals surface area (Å²) in [6.45, 7) is 0.153. The van der Waals surface area contributed by atoms with E-state index in [2.05, 4.69) is 0 Å². The Labute approximate surface area is 68.0 Å². The Bertz CT molecular complexity index is 273. The number of hydrogen-bond donors (Lipinski definition) is 1. The largest absolute Gasteiger partial charge is 0.326 e. The molecule has 12 heavy (non-hydrogen) atoms. The van der Waals surface area contributed by atoms with Crippen molar-refractivity contribution in [3.05, 3.63) is 35.1 Å². The van der Waals surface area contributed by atoms with Crippen molar-refractivity contribution in [1.82, 2.24) is 0 Å². The fourth-order valence-electron chi connectivity index (χ4n) is 0.875. The van der Waals surface area contributed by atoms with Gasteiger partial charge in [-0.1, -0.05) is 12.1 Å². The molecule has 0 radical (unpaired) electrons. The summed E-state index contributed by atoms with van der Waals surface area (Å²) in [5.41, 5.74) is 5.13. The highest BCUT2D eigenvalue weighted by Crippen LogP contribution is 2.22. The Balaban J connectivity index is 3.03. The zero-order chi connectivity index (χ0) is 9.14. The zero-order valence-corrected chi connectivity index (χ0v) is 6.23. The molecular formula is C8H8F3N. The maximum Gasteiger partial charge on any atom is 0.266 e. The van der Waals surface area contributed by atoms with Gasteiger partial charge in [-0.3, -0.25) is 0 Å². The monoisotopic (exact) mass is 175 g/mol. The Morgan fingerprint density at radius 2 is 2.00 bits per heavy atom. The third kappa shape index (κ3) is 1.76. The predicted octanol–water partition coefficient (Wildman–Crippen LogP) is 2.22. The zero-order valence-electron chi connectivity index (χ0n) is 6.23. The van der Waals surface area contributed by atoms with Crippen molar-refractivity contribution in [1.29, 1.82) is 0 Å². The fourth-order valence-corrected chi connectivity index (χ4v) is 0.875. The van der Waals surface area contributed by atoms with Crippen LogP contribution in [0.3, 0.4) is 0 Å². The highest BCUT2D eigenvalue weighted by atomic mass is 19.3. The Kier molecular flexibility index (Phi) is 2.70. The van der Waals surface area contributed by atoms with Gasteiger partial charge >= 0.3 is 0 Å². The summed E-state index contributed by atoms with van der Waals surface area (Å²) >= 11 is 0. The molecular weight excluding hydrogens is 167 g/mol. The standard InChI is InChI=1S/C8H8F3N/c9-7-3-5(4-12)1-2-6(7)8(10)11/h1-3,8H,4,12H2. The Morgan fingerprint density at radius 3 is 2.42 bits per heavy atom. The third-order valence-corrected chi connectivity index (χ3v) is 1.54. The van der Waals surface area contributed by atoms with Crippen LogP contribution in [0.2, 0.25) is 0 Å². The first-order valence-corrected chi connectivity index (χ1v) is 3.41. The number of alkyl halides is 2. The topological polar surface area (TPSA) is 26.0 Å². The van der Waals surface area contributed by atoms with E-state index in [1.807, 2.05) is 0 Å². The number of hydrogen-bond acceptors (Lipinski definition) is 1. The maximum absolute atomic E-state index is 12.8. The highest BCUT2D eigenvalue weighted by molar-refractivity contribution is 5.24. The van der Waals surface area contributed by atoms with Crippen LogP contribution >= 0.6 is 0 Å². The molecule has 0 aliphatic heterocycles. The van der Waals surface area contributed by atoms with Gasteiger partial charge in [0, 0.05) is 6.54 Å². The second kappa shape index (κ2) is 3.58. The van der Waals surface area contributed by atoms with E-state index in [0.717, 1.165) is 12.1 Å². The lowest BCUT2D eigenvalue weighted by molar-refractivity contribution is 0.146. The smallest absolute Gasteiger partial charge is 0.266 e. The number of benzene rings is 1. The summed E-state index contributed by atoms with van der Waals surface area (Å²) in [6.07, 6.45) is -2.77. The van der Waals surface area contributed by atoms with Gasteiger partial charge in [0.1, 0.15) is 5.82 Å². The van der Waals surface area contributed by atoms with Crippen molar-refractivity contribution >= 4 is 0 Å². The molecule has 0 aliphatic carbocycles. The molecule has 1 aromatic carbocycles. The van der Waals surface area contributed by atoms with Gasteiger partial charge in [0.25, 0.3) is 6.43 Å². The highest BCUT2D eigenvalue weighted by Gasteiger charge is 2.12. The summed E-state index contributed by atoms with van der Waals surface area (Å²) < 4.78 is 36.7. The first-order chi connectivity index (χ1) is 5.65. The molecule has 0 fully saturated rings. The molecule has 0 heterocycles. The molecule has 2 N–H and O–H groups in total. The van der Waals surface area contributed by atoms with Crippen LogP contribution < -0.4 is 5.73 Å². The molecule has 4 heteroatoms. The van der Waals surface area contributed by atoms with E-state index in [4.69, 9.17) is 5.73 Å². The maximum atomic E-state index is 12.8. The summed E-state index contributed by atoms with van der Waals surface area (Å²) in [5, 5.41) is 0. The van der Waals surface area contributed by atoms with Gasteiger partial charge in [-0.25, -0.2) is 13.2 Å². The summed E-state index contributed by atoms with van der Waals surface area (Å²) in [4.78, 5) is 0. The van der Waals surface area contributed by atoms with Crippen molar-refractivity contribution in [3.8, 4) is 0 Å². The van der Waals surface area contributed by atoms with Crippen molar-refractivity contribution in [2.75, 3.05) is 0 Å².